The molecule has 6 aromatic carbocycles. The van der Waals surface area contributed by atoms with Crippen molar-refractivity contribution in [3.63, 3.8) is 0 Å². The maximum absolute atomic E-state index is 10.5. The van der Waals surface area contributed by atoms with Gasteiger partial charge in [0.2, 0.25) is 0 Å². The molecule has 1 heterocycles. The van der Waals surface area contributed by atoms with Crippen LogP contribution in [0.3, 0.4) is 0 Å². The lowest BCUT2D eigenvalue weighted by atomic mass is 9.78. The molecule has 390 valence electrons. The Morgan fingerprint density at radius 1 is 0.466 bits per heavy atom. The summed E-state index contributed by atoms with van der Waals surface area (Å²) in [5.41, 5.74) is 6.76. The van der Waals surface area contributed by atoms with Crippen LogP contribution in [-0.4, -0.2) is 74.8 Å². The summed E-state index contributed by atoms with van der Waals surface area (Å²) in [5.74, 6) is 5.29. The van der Waals surface area contributed by atoms with Crippen molar-refractivity contribution in [3.8, 4) is 34.5 Å². The Labute approximate surface area is 465 Å². The summed E-state index contributed by atoms with van der Waals surface area (Å²) in [6.45, 7) is 20.1. The molecule has 3 atom stereocenters. The molecule has 0 bridgehead atoms. The van der Waals surface area contributed by atoms with Crippen molar-refractivity contribution in [2.45, 2.75) is 103 Å². The molecule has 6 aromatic rings. The minimum Gasteiger partial charge on any atom is -0.493 e. The van der Waals surface area contributed by atoms with E-state index in [1.165, 1.54) is 40.7 Å². The number of epoxide rings is 1. The fraction of sp³-hybridized carbons (Fsp3) is 0.400. The number of hydrogen-bond acceptors (Lipinski definition) is 9. The van der Waals surface area contributed by atoms with Gasteiger partial charge in [-0.2, -0.15) is 0 Å². The van der Waals surface area contributed by atoms with Crippen molar-refractivity contribution in [2.75, 3.05) is 46.2 Å². The van der Waals surface area contributed by atoms with Crippen molar-refractivity contribution in [2.24, 2.45) is 5.92 Å². The minimum absolute atomic E-state index is 0.0204. The summed E-state index contributed by atoms with van der Waals surface area (Å²) >= 11 is 14.2. The highest BCUT2D eigenvalue weighted by molar-refractivity contribution is 9.11. The van der Waals surface area contributed by atoms with Gasteiger partial charge < -0.3 is 43.4 Å². The Bertz CT molecular complexity index is 2670. The third-order valence-corrected chi connectivity index (χ3v) is 15.4. The molecule has 1 saturated heterocycles. The van der Waals surface area contributed by atoms with Gasteiger partial charge in [-0.1, -0.05) is 97.0 Å². The lowest BCUT2D eigenvalue weighted by Gasteiger charge is -2.26. The first-order valence-corrected chi connectivity index (χ1v) is 27.9. The van der Waals surface area contributed by atoms with E-state index in [1.54, 1.807) is 0 Å². The van der Waals surface area contributed by atoms with E-state index in [0.717, 1.165) is 54.1 Å². The minimum atomic E-state index is -0.778. The standard InChI is InChI=1S/C31H36Br2O5.C29H32Br2O4/c1-30(2,3)22-14-27(32)29(28(33)15-22)38-17-23(34)16-35-24-10-6-20(7-11-24)31(4,5)21-8-12-25(13-9-21)36-18-26-19-37-26;1-19-14-26(30)28(27(31)15-19)35-18-23(32)17-34-25-12-8-22(9-13-25)29(2,3)21-6-10-24(11-7-21)33-16-20-4-5-20/h6-15,23,26,34H,16-19H2,1-5H3;6-15,20,23,32H,4-5,16-18H2,1-3H3. The second-order valence-electron chi connectivity index (χ2n) is 21.0. The molecule has 0 radical (unpaired) electrons. The predicted octanol–water partition coefficient (Wildman–Crippen LogP) is 14.9. The Hall–Kier alpha value is -4.08. The van der Waals surface area contributed by atoms with Crippen molar-refractivity contribution in [1.82, 2.24) is 0 Å². The summed E-state index contributed by atoms with van der Waals surface area (Å²) in [5, 5.41) is 20.8. The molecule has 13 heteroatoms. The van der Waals surface area contributed by atoms with E-state index in [1.807, 2.05) is 55.5 Å². The smallest absolute Gasteiger partial charge is 0.147 e. The van der Waals surface area contributed by atoms with Crippen molar-refractivity contribution in [1.29, 1.82) is 0 Å². The third kappa shape index (κ3) is 16.5. The van der Waals surface area contributed by atoms with Crippen LogP contribution in [-0.2, 0) is 21.0 Å². The maximum atomic E-state index is 10.5. The fourth-order valence-electron chi connectivity index (χ4n) is 7.85. The second kappa shape index (κ2) is 25.2. The molecule has 73 heavy (non-hydrogen) atoms. The van der Waals surface area contributed by atoms with Gasteiger partial charge in [-0.05, 0) is 201 Å². The van der Waals surface area contributed by atoms with E-state index >= 15 is 0 Å². The predicted molar refractivity (Wildman–Crippen MR) is 305 cm³/mol. The molecule has 3 unspecified atom stereocenters. The van der Waals surface area contributed by atoms with Gasteiger partial charge in [-0.25, -0.2) is 0 Å². The highest BCUT2D eigenvalue weighted by Gasteiger charge is 2.27. The number of aliphatic hydroxyl groups is 2. The highest BCUT2D eigenvalue weighted by Crippen LogP contribution is 2.40. The summed E-state index contributed by atoms with van der Waals surface area (Å²) < 4.78 is 43.5. The third-order valence-electron chi connectivity index (χ3n) is 13.1. The van der Waals surface area contributed by atoms with E-state index in [-0.39, 0.29) is 48.8 Å². The normalized spacial score (nSPS) is 15.3. The molecule has 0 spiro atoms. The van der Waals surface area contributed by atoms with Crippen LogP contribution in [0.25, 0.3) is 0 Å². The fourth-order valence-corrected chi connectivity index (χ4v) is 10.9. The molecular formula is C60H68Br4O9. The number of aliphatic hydroxyl groups excluding tert-OH is 2. The van der Waals surface area contributed by atoms with Gasteiger partial charge in [0.1, 0.15) is 85.8 Å². The molecule has 0 amide bonds. The zero-order valence-electron chi connectivity index (χ0n) is 43.0. The lowest BCUT2D eigenvalue weighted by Crippen LogP contribution is -2.25. The zero-order chi connectivity index (χ0) is 52.5. The average Bonchev–Trinajstić information content (AvgIpc) is 4.31. The van der Waals surface area contributed by atoms with E-state index in [2.05, 4.69) is 185 Å². The van der Waals surface area contributed by atoms with Gasteiger partial charge in [-0.3, -0.25) is 0 Å². The molecule has 1 aliphatic carbocycles. The van der Waals surface area contributed by atoms with Crippen LogP contribution in [0.5, 0.6) is 34.5 Å². The highest BCUT2D eigenvalue weighted by atomic mass is 79.9. The van der Waals surface area contributed by atoms with Gasteiger partial charge in [0.25, 0.3) is 0 Å². The number of ether oxygens (including phenoxy) is 7. The largest absolute Gasteiger partial charge is 0.493 e. The number of aryl methyl sites for hydroxylation is 1. The van der Waals surface area contributed by atoms with Crippen molar-refractivity contribution < 1.29 is 43.4 Å². The second-order valence-corrected chi connectivity index (χ2v) is 24.4. The van der Waals surface area contributed by atoms with E-state index in [0.29, 0.717) is 29.6 Å². The number of benzene rings is 6. The van der Waals surface area contributed by atoms with Gasteiger partial charge in [0.15, 0.2) is 0 Å². The van der Waals surface area contributed by atoms with E-state index in [9.17, 15) is 10.2 Å². The molecule has 0 aromatic heterocycles. The van der Waals surface area contributed by atoms with Crippen LogP contribution < -0.4 is 28.4 Å². The van der Waals surface area contributed by atoms with Crippen LogP contribution in [0.15, 0.2) is 139 Å². The molecule has 2 fully saturated rings. The Balaban J connectivity index is 0.000000214. The molecule has 1 saturated carbocycles. The first-order valence-electron chi connectivity index (χ1n) is 24.8. The summed E-state index contributed by atoms with van der Waals surface area (Å²) in [6.07, 6.45) is 1.30. The quantitative estimate of drug-likeness (QED) is 0.0643. The van der Waals surface area contributed by atoms with E-state index in [4.69, 9.17) is 33.2 Å². The van der Waals surface area contributed by atoms with Gasteiger partial charge >= 0.3 is 0 Å². The molecular weight excluding hydrogens is 1180 g/mol. The SMILES string of the molecule is CC(C)(C)c1cc(Br)c(OCC(O)COc2ccc(C(C)(C)c3ccc(OCC4CO4)cc3)cc2)c(Br)c1.Cc1cc(Br)c(OCC(O)COc2ccc(C(C)(C)c3ccc(OCC4CC4)cc3)cc2)c(Br)c1. The number of rotatable bonds is 22. The lowest BCUT2D eigenvalue weighted by molar-refractivity contribution is 0.0621. The Morgan fingerprint density at radius 2 is 0.781 bits per heavy atom. The molecule has 1 aliphatic heterocycles. The zero-order valence-corrected chi connectivity index (χ0v) is 49.3. The molecule has 2 N–H and O–H groups in total. The van der Waals surface area contributed by atoms with Crippen LogP contribution in [0, 0.1) is 12.8 Å². The average molecular weight is 1250 g/mol. The Morgan fingerprint density at radius 3 is 1.11 bits per heavy atom. The molecule has 8 rings (SSSR count). The summed E-state index contributed by atoms with van der Waals surface area (Å²) in [7, 11) is 0. The molecule has 9 nitrogen and oxygen atoms in total. The van der Waals surface area contributed by atoms with Crippen LogP contribution in [0.1, 0.15) is 94.7 Å². The first kappa shape index (κ1) is 56.6. The Kier molecular flexibility index (Phi) is 19.5. The van der Waals surface area contributed by atoms with Crippen LogP contribution in [0.2, 0.25) is 0 Å². The first-order chi connectivity index (χ1) is 34.6. The summed E-state index contributed by atoms with van der Waals surface area (Å²) in [6, 6.07) is 40.8. The number of hydrogen-bond donors (Lipinski definition) is 2. The van der Waals surface area contributed by atoms with Crippen molar-refractivity contribution >= 4 is 63.7 Å². The van der Waals surface area contributed by atoms with Crippen LogP contribution >= 0.6 is 63.7 Å². The van der Waals surface area contributed by atoms with Gasteiger partial charge in [0.05, 0.1) is 31.1 Å². The van der Waals surface area contributed by atoms with Gasteiger partial charge in [0, 0.05) is 10.8 Å². The number of halogens is 4. The van der Waals surface area contributed by atoms with Gasteiger partial charge in [-0.15, -0.1) is 0 Å². The van der Waals surface area contributed by atoms with Crippen molar-refractivity contribution in [3.05, 3.63) is 173 Å². The van der Waals surface area contributed by atoms with E-state index < -0.39 is 12.2 Å². The monoisotopic (exact) mass is 1250 g/mol. The maximum Gasteiger partial charge on any atom is 0.147 e. The topological polar surface area (TPSA) is 108 Å². The summed E-state index contributed by atoms with van der Waals surface area (Å²) in [4.78, 5) is 0. The van der Waals surface area contributed by atoms with Crippen LogP contribution in [0.4, 0.5) is 0 Å². The molecule has 2 aliphatic rings.